The number of likely N-dealkylation sites (tertiary alicyclic amines) is 1. The van der Waals surface area contributed by atoms with Crippen LogP contribution in [-0.2, 0) is 20.9 Å². The second-order valence-corrected chi connectivity index (χ2v) is 8.05. The van der Waals surface area contributed by atoms with E-state index >= 15 is 0 Å². The molecular formula is C25H42N4O4. The smallest absolute Gasteiger partial charge is 0.246 e. The van der Waals surface area contributed by atoms with Gasteiger partial charge in [-0.2, -0.15) is 0 Å². The third-order valence-corrected chi connectivity index (χ3v) is 5.03. The van der Waals surface area contributed by atoms with Gasteiger partial charge in [-0.15, -0.1) is 0 Å². The van der Waals surface area contributed by atoms with E-state index in [2.05, 4.69) is 34.7 Å². The Kier molecular flexibility index (Phi) is 13.9. The number of ether oxygens (including phenoxy) is 1. The number of nitrogens with zero attached hydrogens (tertiary/aromatic N) is 1. The fourth-order valence-electron chi connectivity index (χ4n) is 3.34. The molecule has 8 heteroatoms. The molecule has 33 heavy (non-hydrogen) atoms. The molecule has 0 saturated carbocycles. The summed E-state index contributed by atoms with van der Waals surface area (Å²) < 4.78 is 5.96. The monoisotopic (exact) mass is 462 g/mol. The summed E-state index contributed by atoms with van der Waals surface area (Å²) in [7, 11) is 0. The van der Waals surface area contributed by atoms with E-state index < -0.39 is 6.04 Å². The number of rotatable bonds is 11. The van der Waals surface area contributed by atoms with E-state index in [9.17, 15) is 14.7 Å². The zero-order chi connectivity index (χ0) is 24.6. The van der Waals surface area contributed by atoms with Gasteiger partial charge in [-0.1, -0.05) is 39.3 Å². The molecule has 1 aliphatic rings. The Hall–Kier alpha value is -2.58. The number of nitrogens with one attached hydrogen (secondary N) is 3. The number of carbonyl (C=O) groups is 2. The highest BCUT2D eigenvalue weighted by atomic mass is 16.5. The average molecular weight is 463 g/mol. The van der Waals surface area contributed by atoms with E-state index in [1.165, 1.54) is 6.42 Å². The first-order valence-corrected chi connectivity index (χ1v) is 12.0. The first kappa shape index (κ1) is 28.5. The number of amides is 2. The molecule has 1 aromatic carbocycles. The van der Waals surface area contributed by atoms with Gasteiger partial charge >= 0.3 is 0 Å². The van der Waals surface area contributed by atoms with Crippen LogP contribution in [0.2, 0.25) is 0 Å². The Bertz CT molecular complexity index is 736. The highest BCUT2D eigenvalue weighted by Gasteiger charge is 2.26. The number of aliphatic hydroxyl groups is 1. The molecule has 1 fully saturated rings. The van der Waals surface area contributed by atoms with E-state index in [-0.39, 0.29) is 31.0 Å². The van der Waals surface area contributed by atoms with Crippen LogP contribution in [0.15, 0.2) is 36.2 Å². The maximum Gasteiger partial charge on any atom is 0.246 e. The van der Waals surface area contributed by atoms with E-state index in [4.69, 9.17) is 4.74 Å². The molecule has 0 bridgehead atoms. The van der Waals surface area contributed by atoms with Gasteiger partial charge in [0.25, 0.3) is 0 Å². The van der Waals surface area contributed by atoms with Crippen LogP contribution in [0.25, 0.3) is 0 Å². The van der Waals surface area contributed by atoms with Crippen molar-refractivity contribution in [2.75, 3.05) is 31.6 Å². The summed E-state index contributed by atoms with van der Waals surface area (Å²) in [5, 5.41) is 17.9. The lowest BCUT2D eigenvalue weighted by Gasteiger charge is -2.27. The molecule has 2 unspecified atom stereocenters. The van der Waals surface area contributed by atoms with Gasteiger partial charge in [-0.25, -0.2) is 0 Å². The standard InChI is InChI=1S/C22H34N4O4.C3H8/c1-4-21(26-12-6-7-19(26)14-27)30-15-17-8-10-18(11-9-17)25-22(29)16(3)24-20(28)13-23-5-2;1-3-2/h4,8-11,16,19,23,27H,5-7,12-15H2,1-3H3,(H,24,28)(H,25,29);3H2,1-2H3. The second kappa shape index (κ2) is 16.1. The zero-order valence-corrected chi connectivity index (χ0v) is 20.8. The molecule has 1 aliphatic heterocycles. The summed E-state index contributed by atoms with van der Waals surface area (Å²) in [5.74, 6) is 0.295. The number of hydrogen-bond donors (Lipinski definition) is 4. The Balaban J connectivity index is 0.00000172. The van der Waals surface area contributed by atoms with Gasteiger partial charge in [0.1, 0.15) is 12.6 Å². The first-order chi connectivity index (χ1) is 15.9. The van der Waals surface area contributed by atoms with Gasteiger partial charge in [0, 0.05) is 12.2 Å². The third-order valence-electron chi connectivity index (χ3n) is 5.03. The molecule has 2 rings (SSSR count). The molecule has 0 aromatic heterocycles. The summed E-state index contributed by atoms with van der Waals surface area (Å²) in [6, 6.07) is 6.90. The van der Waals surface area contributed by atoms with Crippen molar-refractivity contribution >= 4 is 17.5 Å². The number of likely N-dealkylation sites (N-methyl/N-ethyl adjacent to an activating group) is 1. The zero-order valence-electron chi connectivity index (χ0n) is 20.8. The quantitative estimate of drug-likeness (QED) is 0.377. The van der Waals surface area contributed by atoms with Gasteiger partial charge in [-0.3, -0.25) is 9.59 Å². The minimum Gasteiger partial charge on any atom is -0.474 e. The summed E-state index contributed by atoms with van der Waals surface area (Å²) in [6.45, 7) is 12.0. The molecule has 8 nitrogen and oxygen atoms in total. The van der Waals surface area contributed by atoms with Crippen LogP contribution in [-0.4, -0.2) is 60.1 Å². The number of carbonyl (C=O) groups excluding carboxylic acids is 2. The van der Waals surface area contributed by atoms with Crippen molar-refractivity contribution < 1.29 is 19.4 Å². The van der Waals surface area contributed by atoms with Crippen molar-refractivity contribution in [3.8, 4) is 0 Å². The predicted molar refractivity (Wildman–Crippen MR) is 133 cm³/mol. The first-order valence-electron chi connectivity index (χ1n) is 12.0. The molecule has 4 N–H and O–H groups in total. The molecule has 0 aliphatic carbocycles. The number of benzene rings is 1. The SMILES string of the molecule is CC=C(OCc1ccc(NC(=O)C(C)NC(=O)CNCC)cc1)N1CCCC1CO.CCC. The minimum absolute atomic E-state index is 0.119. The van der Waals surface area contributed by atoms with Crippen LogP contribution in [0.3, 0.4) is 0 Å². The molecule has 1 saturated heterocycles. The summed E-state index contributed by atoms with van der Waals surface area (Å²) in [4.78, 5) is 26.1. The van der Waals surface area contributed by atoms with Crippen molar-refractivity contribution in [2.24, 2.45) is 0 Å². The van der Waals surface area contributed by atoms with Gasteiger partial charge < -0.3 is 30.7 Å². The van der Waals surface area contributed by atoms with Crippen molar-refractivity contribution in [2.45, 2.75) is 72.6 Å². The van der Waals surface area contributed by atoms with Crippen LogP contribution >= 0.6 is 0 Å². The summed E-state index contributed by atoms with van der Waals surface area (Å²) in [5.41, 5.74) is 1.63. The van der Waals surface area contributed by atoms with E-state index in [1.807, 2.05) is 44.2 Å². The van der Waals surface area contributed by atoms with Crippen LogP contribution in [0.5, 0.6) is 0 Å². The van der Waals surface area contributed by atoms with Crippen molar-refractivity contribution in [3.63, 3.8) is 0 Å². The number of anilines is 1. The molecule has 1 heterocycles. The normalized spacial score (nSPS) is 16.5. The van der Waals surface area contributed by atoms with Gasteiger partial charge in [0.15, 0.2) is 5.88 Å². The van der Waals surface area contributed by atoms with Crippen molar-refractivity contribution in [1.82, 2.24) is 15.5 Å². The van der Waals surface area contributed by atoms with Crippen molar-refractivity contribution in [3.05, 3.63) is 41.8 Å². The molecular weight excluding hydrogens is 420 g/mol. The molecule has 0 spiro atoms. The van der Waals surface area contributed by atoms with E-state index in [1.54, 1.807) is 6.92 Å². The van der Waals surface area contributed by atoms with Crippen LogP contribution in [0.1, 0.15) is 59.4 Å². The fourth-order valence-corrected chi connectivity index (χ4v) is 3.34. The van der Waals surface area contributed by atoms with Gasteiger partial charge in [0.05, 0.1) is 19.2 Å². The lowest BCUT2D eigenvalue weighted by Crippen LogP contribution is -2.45. The minimum atomic E-state index is -0.628. The third kappa shape index (κ3) is 10.3. The van der Waals surface area contributed by atoms with Crippen LogP contribution < -0.4 is 16.0 Å². The van der Waals surface area contributed by atoms with Gasteiger partial charge in [-0.05, 0) is 57.0 Å². The summed E-state index contributed by atoms with van der Waals surface area (Å²) in [6.07, 6.45) is 5.20. The van der Waals surface area contributed by atoms with Crippen LogP contribution in [0, 0.1) is 0 Å². The molecule has 2 amide bonds. The maximum atomic E-state index is 12.3. The van der Waals surface area contributed by atoms with Crippen molar-refractivity contribution in [1.29, 1.82) is 0 Å². The maximum absolute atomic E-state index is 12.3. The largest absolute Gasteiger partial charge is 0.474 e. The molecule has 1 aromatic rings. The Labute approximate surface area is 198 Å². The highest BCUT2D eigenvalue weighted by molar-refractivity contribution is 5.97. The Morgan fingerprint density at radius 2 is 1.91 bits per heavy atom. The fraction of sp³-hybridized carbons (Fsp3) is 0.600. The Morgan fingerprint density at radius 1 is 1.24 bits per heavy atom. The van der Waals surface area contributed by atoms with Crippen LogP contribution in [0.4, 0.5) is 5.69 Å². The number of hydrogen-bond acceptors (Lipinski definition) is 6. The molecule has 2 atom stereocenters. The molecule has 186 valence electrons. The lowest BCUT2D eigenvalue weighted by atomic mass is 10.2. The second-order valence-electron chi connectivity index (χ2n) is 8.05. The topological polar surface area (TPSA) is 103 Å². The summed E-state index contributed by atoms with van der Waals surface area (Å²) >= 11 is 0. The van der Waals surface area contributed by atoms with E-state index in [0.717, 1.165) is 30.8 Å². The Morgan fingerprint density at radius 3 is 2.48 bits per heavy atom. The number of allylic oxidation sites excluding steroid dienone is 1. The highest BCUT2D eigenvalue weighted by Crippen LogP contribution is 2.23. The van der Waals surface area contributed by atoms with Gasteiger partial charge in [0.2, 0.25) is 11.8 Å². The van der Waals surface area contributed by atoms with E-state index in [0.29, 0.717) is 18.8 Å². The predicted octanol–water partition coefficient (Wildman–Crippen LogP) is 2.99. The lowest BCUT2D eigenvalue weighted by molar-refractivity contribution is -0.125. The average Bonchev–Trinajstić information content (AvgIpc) is 3.28. The molecule has 0 radical (unpaired) electrons. The number of aliphatic hydroxyl groups excluding tert-OH is 1.